The predicted molar refractivity (Wildman–Crippen MR) is 378 cm³/mol. The zero-order valence-electron chi connectivity index (χ0n) is 58.6. The molecule has 4 saturated heterocycles. The summed E-state index contributed by atoms with van der Waals surface area (Å²) in [6.45, 7) is 17.4. The third-order valence-corrected chi connectivity index (χ3v) is 35.0. The molecule has 99 heavy (non-hydrogen) atoms. The third kappa shape index (κ3) is 15.5. The molecule has 0 spiro atoms. The Labute approximate surface area is 584 Å². The lowest BCUT2D eigenvalue weighted by atomic mass is 9.96. The molecule has 0 aromatic heterocycles. The van der Waals surface area contributed by atoms with Crippen LogP contribution in [0.1, 0.15) is 62.3 Å². The first kappa shape index (κ1) is 76.8. The van der Waals surface area contributed by atoms with E-state index >= 15 is 0 Å². The van der Waals surface area contributed by atoms with Gasteiger partial charge in [-0.15, -0.1) is 0 Å². The van der Waals surface area contributed by atoms with Crippen molar-refractivity contribution < 1.29 is 101 Å². The molecule has 0 aliphatic carbocycles. The van der Waals surface area contributed by atoms with Crippen molar-refractivity contribution in [3.63, 3.8) is 0 Å². The molecule has 6 aromatic carbocycles. The topological polar surface area (TPSA) is 282 Å². The van der Waals surface area contributed by atoms with E-state index < -0.39 is 163 Å². The summed E-state index contributed by atoms with van der Waals surface area (Å²) in [5.74, 6) is 0. The lowest BCUT2D eigenvalue weighted by molar-refractivity contribution is -0.382. The Morgan fingerprint density at radius 3 is 0.879 bits per heavy atom. The van der Waals surface area contributed by atoms with Gasteiger partial charge in [0.05, 0.1) is 26.4 Å². The lowest BCUT2D eigenvalue weighted by Crippen LogP contribution is -2.70. The highest BCUT2D eigenvalue weighted by Crippen LogP contribution is 2.42. The molecule has 0 radical (unpaired) electrons. The van der Waals surface area contributed by atoms with Crippen LogP contribution in [0.4, 0.5) is 0 Å². The van der Waals surface area contributed by atoms with Gasteiger partial charge in [-0.25, -0.2) is 0 Å². The first-order valence-electron chi connectivity index (χ1n) is 34.0. The maximum Gasteiger partial charge on any atom is 0.261 e. The van der Waals surface area contributed by atoms with Gasteiger partial charge in [-0.05, 0) is 46.2 Å². The summed E-state index contributed by atoms with van der Waals surface area (Å²) in [7, 11) is -5.88. The fourth-order valence-corrected chi connectivity index (χ4v) is 28.8. The molecule has 4 fully saturated rings. The second kappa shape index (κ2) is 32.4. The summed E-state index contributed by atoms with van der Waals surface area (Å²) < 4.78 is 84.9. The van der Waals surface area contributed by atoms with Crippen LogP contribution in [0.2, 0.25) is 15.1 Å². The maximum absolute atomic E-state index is 13.0. The van der Waals surface area contributed by atoms with Gasteiger partial charge in [0.1, 0.15) is 97.7 Å². The van der Waals surface area contributed by atoms with Gasteiger partial charge in [-0.3, -0.25) is 0 Å². The quantitative estimate of drug-likeness (QED) is 0.0383. The molecule has 4 heterocycles. The van der Waals surface area contributed by atoms with Crippen LogP contribution in [0.15, 0.2) is 182 Å². The summed E-state index contributed by atoms with van der Waals surface area (Å²) >= 11 is 0. The van der Waals surface area contributed by atoms with Gasteiger partial charge in [-0.2, -0.15) is 0 Å². The van der Waals surface area contributed by atoms with E-state index in [1.54, 1.807) is 0 Å². The van der Waals surface area contributed by atoms with Crippen molar-refractivity contribution in [2.45, 2.75) is 200 Å². The smallest absolute Gasteiger partial charge is 0.261 e. The van der Waals surface area contributed by atoms with Crippen LogP contribution in [-0.4, -0.2) is 236 Å². The van der Waals surface area contributed by atoms with Crippen molar-refractivity contribution in [2.24, 2.45) is 0 Å². The van der Waals surface area contributed by atoms with E-state index in [2.05, 4.69) is 62.3 Å². The zero-order valence-corrected chi connectivity index (χ0v) is 61.6. The summed E-state index contributed by atoms with van der Waals surface area (Å²) in [5.41, 5.74) is 0. The molecule has 8 N–H and O–H groups in total. The predicted octanol–water partition coefficient (Wildman–Crippen LogP) is 2.97. The number of methoxy groups -OCH3 is 3. The molecule has 10 rings (SSSR count). The van der Waals surface area contributed by atoms with Crippen molar-refractivity contribution in [3.8, 4) is 0 Å². The number of rotatable bonds is 25. The van der Waals surface area contributed by atoms with Gasteiger partial charge < -0.3 is 101 Å². The van der Waals surface area contributed by atoms with Crippen LogP contribution in [-0.2, 0) is 60.6 Å². The van der Waals surface area contributed by atoms with Gasteiger partial charge >= 0.3 is 0 Å². The Kier molecular flexibility index (Phi) is 25.1. The largest absolute Gasteiger partial charge is 0.405 e. The van der Waals surface area contributed by atoms with Crippen molar-refractivity contribution in [1.82, 2.24) is 0 Å². The molecular formula is C75H102O21Si3. The lowest BCUT2D eigenvalue weighted by Gasteiger charge is -2.50. The second-order valence-corrected chi connectivity index (χ2v) is 42.1. The van der Waals surface area contributed by atoms with Gasteiger partial charge in [0.15, 0.2) is 25.2 Å². The number of ether oxygens (including phenoxy) is 10. The normalized spacial score (nSPS) is 31.4. The fraction of sp³-hybridized carbons (Fsp3) is 0.520. The molecule has 4 aliphatic rings. The molecule has 24 heteroatoms. The maximum atomic E-state index is 13.0. The summed E-state index contributed by atoms with van der Waals surface area (Å²) in [6, 6.07) is 58.9. The molecule has 540 valence electrons. The zero-order chi connectivity index (χ0) is 71.2. The van der Waals surface area contributed by atoms with Crippen molar-refractivity contribution in [2.75, 3.05) is 47.8 Å². The third-order valence-electron chi connectivity index (χ3n) is 20.0. The molecule has 6 aromatic rings. The Bertz CT molecular complexity index is 3290. The minimum atomic E-state index is -3.45. The Morgan fingerprint density at radius 2 is 0.576 bits per heavy atom. The van der Waals surface area contributed by atoms with Crippen LogP contribution < -0.4 is 31.1 Å². The average Bonchev–Trinajstić information content (AvgIpc) is 0.757. The first-order valence-corrected chi connectivity index (χ1v) is 39.7. The Morgan fingerprint density at radius 1 is 0.293 bits per heavy atom. The molecule has 4 aliphatic heterocycles. The Balaban J connectivity index is 1.02. The minimum Gasteiger partial charge on any atom is -0.405 e. The summed E-state index contributed by atoms with van der Waals surface area (Å²) in [4.78, 5) is 0. The van der Waals surface area contributed by atoms with Gasteiger partial charge in [-0.1, -0.05) is 244 Å². The molecule has 21 nitrogen and oxygen atoms in total. The van der Waals surface area contributed by atoms with Crippen LogP contribution in [0, 0.1) is 0 Å². The van der Waals surface area contributed by atoms with E-state index in [0.717, 1.165) is 31.1 Å². The summed E-state index contributed by atoms with van der Waals surface area (Å²) in [5, 5.41) is 102. The van der Waals surface area contributed by atoms with Gasteiger partial charge in [0, 0.05) is 21.3 Å². The first-order chi connectivity index (χ1) is 47.2. The highest BCUT2D eigenvalue weighted by atomic mass is 28.4. The van der Waals surface area contributed by atoms with Crippen molar-refractivity contribution in [3.05, 3.63) is 182 Å². The summed E-state index contributed by atoms with van der Waals surface area (Å²) in [6.07, 6.45) is -31.6. The highest BCUT2D eigenvalue weighted by Gasteiger charge is 2.59. The van der Waals surface area contributed by atoms with Crippen molar-refractivity contribution in [1.29, 1.82) is 0 Å². The average molecular weight is 1420 g/mol. The van der Waals surface area contributed by atoms with Gasteiger partial charge in [0.25, 0.3) is 25.0 Å². The van der Waals surface area contributed by atoms with E-state index in [1.807, 2.05) is 182 Å². The van der Waals surface area contributed by atoms with Gasteiger partial charge in [0.2, 0.25) is 0 Å². The molecule has 0 amide bonds. The van der Waals surface area contributed by atoms with Crippen LogP contribution in [0.3, 0.4) is 0 Å². The molecule has 0 unspecified atom stereocenters. The fourth-order valence-electron chi connectivity index (χ4n) is 15.1. The van der Waals surface area contributed by atoms with Crippen LogP contribution >= 0.6 is 0 Å². The number of hydrogen-bond donors (Lipinski definition) is 8. The second-order valence-electron chi connectivity index (χ2n) is 29.2. The standard InChI is InChI=1S/C75H102O21Si3/c1-73(2,3)97(47-31-19-13-20-32-47,48-33-21-14-22-34-48)88-44-53-57(76)60(79)61(80)71(93-53)95-66-59(78)55(46-90-99(75(7,8)9,51-39-27-17-28-40-51)52-41-29-18-30-42-52)94-72(63(66)82)96-65-58(77)54(45-89-98(74(4,5)6,49-35-23-15-24-36-49)50-37-25-16-26-38-50)92-70(62(65)81)87-43-56-64(84-10)67(85-11)68(86-12)69(83)91-56/h13-42,53-72,76-83H,43-46H2,1-12H3/t53-,54-,55+,56+,57-,58+,59-,60-,61-,62+,63-,64+,65+,66+,67+,68+,69-,70+,71-,72+/m0/s1. The van der Waals surface area contributed by atoms with Crippen molar-refractivity contribution >= 4 is 56.1 Å². The van der Waals surface area contributed by atoms with E-state index in [-0.39, 0.29) is 26.4 Å². The highest BCUT2D eigenvalue weighted by molar-refractivity contribution is 7.00. The monoisotopic (exact) mass is 1420 g/mol. The van der Waals surface area contributed by atoms with E-state index in [0.29, 0.717) is 0 Å². The SMILES string of the molecule is CO[C@H]1[C@@H](OC)[C@@H](O)O[C@H](CO[C@@H]2O[C@@H](CO[Si](c3ccccc3)(c3ccccc3)C(C)(C)C)[C@@H](O)[C@@H](O[C@H]3O[C@H](CO[Si](c4ccccc4)(c4ccccc4)C(C)(C)C)[C@H](O)[C@@H](O[C@@H]4O[C@@H](CO[Si](c5ccccc5)(c5ccccc5)C(C)(C)C)[C@H](O)[C@H](O)[C@@H]4O)[C@@H]3O)[C@H]2O)[C@H]1OC. The number of hydrogen-bond acceptors (Lipinski definition) is 21. The molecule has 0 bridgehead atoms. The van der Waals surface area contributed by atoms with Crippen LogP contribution in [0.25, 0.3) is 0 Å². The number of benzene rings is 6. The number of aliphatic hydroxyl groups excluding tert-OH is 8. The molecule has 20 atom stereocenters. The van der Waals surface area contributed by atoms with E-state index in [9.17, 15) is 40.9 Å². The van der Waals surface area contributed by atoms with Crippen LogP contribution in [0.5, 0.6) is 0 Å². The molecule has 0 saturated carbocycles. The Hall–Kier alpha value is -4.87. The molecular weight excluding hydrogens is 1320 g/mol. The minimum absolute atomic E-state index is 0.304. The van der Waals surface area contributed by atoms with E-state index in [4.69, 9.17) is 60.6 Å². The van der Waals surface area contributed by atoms with E-state index in [1.165, 1.54) is 21.3 Å². The number of aliphatic hydroxyl groups is 8.